The van der Waals surface area contributed by atoms with Gasteiger partial charge in [0.05, 0.1) is 0 Å². The van der Waals surface area contributed by atoms with Crippen molar-refractivity contribution in [3.63, 3.8) is 0 Å². The first-order chi connectivity index (χ1) is 12.8. The molecule has 0 aromatic heterocycles. The minimum atomic E-state index is -0.158. The molecule has 0 aliphatic heterocycles. The van der Waals surface area contributed by atoms with E-state index in [2.05, 4.69) is 6.07 Å². The molecule has 0 fully saturated rings. The van der Waals surface area contributed by atoms with E-state index in [4.69, 9.17) is 0 Å². The lowest BCUT2D eigenvalue weighted by atomic mass is 9.91. The van der Waals surface area contributed by atoms with E-state index in [9.17, 15) is 0 Å². The van der Waals surface area contributed by atoms with Crippen LogP contribution in [0.5, 0.6) is 0 Å². The standard InChI is InChI=1S/C25H19F/c26-25-18-22(20-12-6-2-7-13-20)17-23(21-14-8-3-9-15-21)24(25)16-19-10-4-1-5-11-19/h1-15,17-18H,16H2. The van der Waals surface area contributed by atoms with Gasteiger partial charge in [0.2, 0.25) is 0 Å². The second-order valence-electron chi connectivity index (χ2n) is 6.38. The van der Waals surface area contributed by atoms with Crippen LogP contribution in [-0.2, 0) is 6.42 Å². The van der Waals surface area contributed by atoms with Crippen molar-refractivity contribution in [2.45, 2.75) is 6.42 Å². The molecule has 0 amide bonds. The molecule has 4 aromatic carbocycles. The average Bonchev–Trinajstić information content (AvgIpc) is 2.71. The fourth-order valence-corrected chi connectivity index (χ4v) is 3.29. The fourth-order valence-electron chi connectivity index (χ4n) is 3.29. The number of benzene rings is 4. The summed E-state index contributed by atoms with van der Waals surface area (Å²) in [5.74, 6) is -0.158. The molecule has 0 aliphatic rings. The van der Waals surface area contributed by atoms with Gasteiger partial charge in [0.15, 0.2) is 0 Å². The zero-order valence-electron chi connectivity index (χ0n) is 14.4. The van der Waals surface area contributed by atoms with Gasteiger partial charge < -0.3 is 0 Å². The molecule has 0 spiro atoms. The minimum absolute atomic E-state index is 0.158. The molecule has 0 N–H and O–H groups in total. The molecule has 0 aliphatic carbocycles. The molecule has 0 saturated heterocycles. The van der Waals surface area contributed by atoms with Crippen LogP contribution in [0, 0.1) is 5.82 Å². The van der Waals surface area contributed by atoms with Crippen molar-refractivity contribution in [3.8, 4) is 22.3 Å². The molecule has 0 radical (unpaired) electrons. The third-order valence-electron chi connectivity index (χ3n) is 4.61. The summed E-state index contributed by atoms with van der Waals surface area (Å²) < 4.78 is 15.2. The summed E-state index contributed by atoms with van der Waals surface area (Å²) in [6.45, 7) is 0. The first-order valence-electron chi connectivity index (χ1n) is 8.78. The van der Waals surface area contributed by atoms with Crippen molar-refractivity contribution in [1.29, 1.82) is 0 Å². The first-order valence-corrected chi connectivity index (χ1v) is 8.78. The summed E-state index contributed by atoms with van der Waals surface area (Å²) in [4.78, 5) is 0. The highest BCUT2D eigenvalue weighted by Gasteiger charge is 2.14. The summed E-state index contributed by atoms with van der Waals surface area (Å²) >= 11 is 0. The largest absolute Gasteiger partial charge is 0.207 e. The highest BCUT2D eigenvalue weighted by atomic mass is 19.1. The first kappa shape index (κ1) is 16.3. The molecule has 1 heteroatoms. The molecule has 0 saturated carbocycles. The zero-order valence-corrected chi connectivity index (χ0v) is 14.4. The van der Waals surface area contributed by atoms with Gasteiger partial charge in [-0.25, -0.2) is 4.39 Å². The lowest BCUT2D eigenvalue weighted by Crippen LogP contribution is -1.98. The lowest BCUT2D eigenvalue weighted by molar-refractivity contribution is 0.615. The number of hydrogen-bond donors (Lipinski definition) is 0. The third-order valence-corrected chi connectivity index (χ3v) is 4.61. The van der Waals surface area contributed by atoms with Crippen molar-refractivity contribution < 1.29 is 4.39 Å². The van der Waals surface area contributed by atoms with E-state index in [1.807, 2.05) is 91.0 Å². The van der Waals surface area contributed by atoms with E-state index >= 15 is 4.39 Å². The summed E-state index contributed by atoms with van der Waals surface area (Å²) in [6, 6.07) is 33.8. The van der Waals surface area contributed by atoms with E-state index in [1.54, 1.807) is 6.07 Å². The Morgan fingerprint density at radius 1 is 0.538 bits per heavy atom. The van der Waals surface area contributed by atoms with Crippen molar-refractivity contribution in [3.05, 3.63) is 120 Å². The molecule has 0 unspecified atom stereocenters. The Bertz CT molecular complexity index is 990. The normalized spacial score (nSPS) is 10.7. The van der Waals surface area contributed by atoms with Crippen LogP contribution in [0.25, 0.3) is 22.3 Å². The van der Waals surface area contributed by atoms with Gasteiger partial charge in [0, 0.05) is 12.0 Å². The van der Waals surface area contributed by atoms with Gasteiger partial charge in [0.1, 0.15) is 5.82 Å². The van der Waals surface area contributed by atoms with Crippen LogP contribution in [0.4, 0.5) is 4.39 Å². The van der Waals surface area contributed by atoms with E-state index in [1.165, 1.54) is 0 Å². The van der Waals surface area contributed by atoms with Crippen LogP contribution < -0.4 is 0 Å². The van der Waals surface area contributed by atoms with Crippen molar-refractivity contribution in [1.82, 2.24) is 0 Å². The monoisotopic (exact) mass is 338 g/mol. The van der Waals surface area contributed by atoms with Crippen LogP contribution >= 0.6 is 0 Å². The second kappa shape index (κ2) is 7.37. The second-order valence-corrected chi connectivity index (χ2v) is 6.38. The van der Waals surface area contributed by atoms with E-state index in [-0.39, 0.29) is 5.82 Å². The summed E-state index contributed by atoms with van der Waals surface area (Å²) in [5, 5.41) is 0. The molecular formula is C25H19F. The van der Waals surface area contributed by atoms with Crippen LogP contribution in [0.1, 0.15) is 11.1 Å². The summed E-state index contributed by atoms with van der Waals surface area (Å²) in [7, 11) is 0. The Labute approximate surface area is 153 Å². The van der Waals surface area contributed by atoms with Gasteiger partial charge in [-0.2, -0.15) is 0 Å². The third kappa shape index (κ3) is 3.43. The zero-order chi connectivity index (χ0) is 17.8. The van der Waals surface area contributed by atoms with Crippen LogP contribution in [0.2, 0.25) is 0 Å². The van der Waals surface area contributed by atoms with Gasteiger partial charge in [-0.3, -0.25) is 0 Å². The number of hydrogen-bond acceptors (Lipinski definition) is 0. The predicted octanol–water partition coefficient (Wildman–Crippen LogP) is 6.75. The van der Waals surface area contributed by atoms with Gasteiger partial charge >= 0.3 is 0 Å². The maximum atomic E-state index is 15.2. The molecule has 4 aromatic rings. The number of halogens is 1. The smallest absolute Gasteiger partial charge is 0.127 e. The molecular weight excluding hydrogens is 319 g/mol. The molecule has 4 rings (SSSR count). The maximum absolute atomic E-state index is 15.2. The van der Waals surface area contributed by atoms with Gasteiger partial charge in [-0.1, -0.05) is 91.0 Å². The minimum Gasteiger partial charge on any atom is -0.207 e. The van der Waals surface area contributed by atoms with Gasteiger partial charge in [-0.15, -0.1) is 0 Å². The topological polar surface area (TPSA) is 0 Å². The molecule has 0 nitrogen and oxygen atoms in total. The van der Waals surface area contributed by atoms with Crippen molar-refractivity contribution in [2.24, 2.45) is 0 Å². The number of rotatable bonds is 4. The molecule has 0 atom stereocenters. The summed E-state index contributed by atoms with van der Waals surface area (Å²) in [5.41, 5.74) is 5.76. The molecule has 126 valence electrons. The van der Waals surface area contributed by atoms with Crippen LogP contribution in [0.3, 0.4) is 0 Å². The Kier molecular flexibility index (Phi) is 4.61. The predicted molar refractivity (Wildman–Crippen MR) is 107 cm³/mol. The Morgan fingerprint density at radius 2 is 1.08 bits per heavy atom. The van der Waals surface area contributed by atoms with E-state index < -0.39 is 0 Å². The quantitative estimate of drug-likeness (QED) is 0.386. The fraction of sp³-hybridized carbons (Fsp3) is 0.0400. The van der Waals surface area contributed by atoms with Crippen molar-refractivity contribution >= 4 is 0 Å². The Hall–Kier alpha value is -3.19. The SMILES string of the molecule is Fc1cc(-c2ccccc2)cc(-c2ccccc2)c1Cc1ccccc1. The molecule has 26 heavy (non-hydrogen) atoms. The summed E-state index contributed by atoms with van der Waals surface area (Å²) in [6.07, 6.45) is 0.575. The van der Waals surface area contributed by atoms with E-state index in [0.717, 1.165) is 33.4 Å². The highest BCUT2D eigenvalue weighted by Crippen LogP contribution is 2.33. The van der Waals surface area contributed by atoms with Crippen LogP contribution in [-0.4, -0.2) is 0 Å². The Morgan fingerprint density at radius 3 is 1.69 bits per heavy atom. The van der Waals surface area contributed by atoms with Crippen LogP contribution in [0.15, 0.2) is 103 Å². The lowest BCUT2D eigenvalue weighted by Gasteiger charge is -2.14. The van der Waals surface area contributed by atoms with Gasteiger partial charge in [0.25, 0.3) is 0 Å². The van der Waals surface area contributed by atoms with Crippen molar-refractivity contribution in [2.75, 3.05) is 0 Å². The molecule has 0 bridgehead atoms. The van der Waals surface area contributed by atoms with E-state index in [0.29, 0.717) is 6.42 Å². The Balaban J connectivity index is 1.87. The molecule has 0 heterocycles. The van der Waals surface area contributed by atoms with Gasteiger partial charge in [-0.05, 0) is 39.9 Å². The highest BCUT2D eigenvalue weighted by molar-refractivity contribution is 5.76. The average molecular weight is 338 g/mol. The maximum Gasteiger partial charge on any atom is 0.127 e.